The molecule has 1 atom stereocenters. The Morgan fingerprint density at radius 1 is 1.19 bits per heavy atom. The molecule has 0 bridgehead atoms. The predicted molar refractivity (Wildman–Crippen MR) is 82.0 cm³/mol. The number of ether oxygens (including phenoxy) is 1. The van der Waals surface area contributed by atoms with Gasteiger partial charge in [-0.1, -0.05) is 24.3 Å². The summed E-state index contributed by atoms with van der Waals surface area (Å²) in [4.78, 5) is 4.69. The first kappa shape index (κ1) is 12.3. The third-order valence-corrected chi connectivity index (χ3v) is 4.00. The average Bonchev–Trinajstić information content (AvgIpc) is 2.98. The number of oxazole rings is 1. The lowest BCUT2D eigenvalue weighted by Gasteiger charge is -2.24. The standard InChI is InChI=1S/C17H16N2O2/c1-20-14-7-4-8-15-16(14)19-17(21-15)12-9-10-18-13-6-3-2-5-11(12)13/h2-8,12,18H,9-10H2,1H3. The van der Waals surface area contributed by atoms with E-state index in [4.69, 9.17) is 9.15 Å². The van der Waals surface area contributed by atoms with Crippen molar-refractivity contribution >= 4 is 16.8 Å². The number of nitrogens with one attached hydrogen (secondary N) is 1. The van der Waals surface area contributed by atoms with E-state index in [1.165, 1.54) is 11.3 Å². The summed E-state index contributed by atoms with van der Waals surface area (Å²) in [7, 11) is 1.66. The van der Waals surface area contributed by atoms with E-state index in [2.05, 4.69) is 28.5 Å². The molecular weight excluding hydrogens is 264 g/mol. The molecule has 3 aromatic rings. The van der Waals surface area contributed by atoms with Crippen LogP contribution in [0.2, 0.25) is 0 Å². The number of hydrogen-bond donors (Lipinski definition) is 1. The normalized spacial score (nSPS) is 17.3. The largest absolute Gasteiger partial charge is 0.494 e. The Labute approximate surface area is 122 Å². The zero-order valence-corrected chi connectivity index (χ0v) is 11.8. The topological polar surface area (TPSA) is 47.3 Å². The molecule has 0 saturated heterocycles. The summed E-state index contributed by atoms with van der Waals surface area (Å²) in [6, 6.07) is 14.1. The first-order valence-electron chi connectivity index (χ1n) is 7.13. The van der Waals surface area contributed by atoms with Crippen molar-refractivity contribution in [2.45, 2.75) is 12.3 Å². The molecule has 1 aliphatic rings. The SMILES string of the molecule is COc1cccc2oc(C3CCNc4ccccc43)nc12. The molecule has 0 saturated carbocycles. The van der Waals surface area contributed by atoms with Gasteiger partial charge in [-0.15, -0.1) is 0 Å². The van der Waals surface area contributed by atoms with Crippen LogP contribution in [-0.2, 0) is 0 Å². The van der Waals surface area contributed by atoms with Crippen LogP contribution in [-0.4, -0.2) is 18.6 Å². The molecule has 2 aromatic carbocycles. The lowest BCUT2D eigenvalue weighted by Crippen LogP contribution is -2.17. The summed E-state index contributed by atoms with van der Waals surface area (Å²) < 4.78 is 11.4. The molecule has 1 unspecified atom stereocenters. The monoisotopic (exact) mass is 280 g/mol. The summed E-state index contributed by atoms with van der Waals surface area (Å²) in [5.74, 6) is 1.72. The van der Waals surface area contributed by atoms with Crippen LogP contribution in [0.1, 0.15) is 23.8 Å². The molecule has 1 N–H and O–H groups in total. The second kappa shape index (κ2) is 4.81. The second-order valence-electron chi connectivity index (χ2n) is 5.21. The minimum Gasteiger partial charge on any atom is -0.494 e. The number of nitrogens with zero attached hydrogens (tertiary/aromatic N) is 1. The number of rotatable bonds is 2. The molecule has 106 valence electrons. The van der Waals surface area contributed by atoms with E-state index in [9.17, 15) is 0 Å². The quantitative estimate of drug-likeness (QED) is 0.776. The maximum atomic E-state index is 5.99. The maximum absolute atomic E-state index is 5.99. The maximum Gasteiger partial charge on any atom is 0.203 e. The molecule has 0 radical (unpaired) electrons. The van der Waals surface area contributed by atoms with Gasteiger partial charge in [0.2, 0.25) is 5.89 Å². The van der Waals surface area contributed by atoms with Crippen LogP contribution in [0.4, 0.5) is 5.69 Å². The van der Waals surface area contributed by atoms with Gasteiger partial charge in [0.05, 0.1) is 13.0 Å². The van der Waals surface area contributed by atoms with E-state index in [0.29, 0.717) is 0 Å². The Morgan fingerprint density at radius 3 is 3.00 bits per heavy atom. The summed E-state index contributed by atoms with van der Waals surface area (Å²) >= 11 is 0. The van der Waals surface area contributed by atoms with Gasteiger partial charge >= 0.3 is 0 Å². The first-order chi connectivity index (χ1) is 10.4. The third kappa shape index (κ3) is 1.95. The molecule has 4 rings (SSSR count). The Kier molecular flexibility index (Phi) is 2.81. The Balaban J connectivity index is 1.84. The minimum atomic E-state index is 0.194. The van der Waals surface area contributed by atoms with Crippen molar-refractivity contribution in [3.63, 3.8) is 0 Å². The Bertz CT molecular complexity index is 794. The van der Waals surface area contributed by atoms with Crippen molar-refractivity contribution < 1.29 is 9.15 Å². The number of hydrogen-bond acceptors (Lipinski definition) is 4. The van der Waals surface area contributed by atoms with Crippen molar-refractivity contribution in [2.75, 3.05) is 19.0 Å². The first-order valence-corrected chi connectivity index (χ1v) is 7.13. The van der Waals surface area contributed by atoms with Gasteiger partial charge < -0.3 is 14.5 Å². The van der Waals surface area contributed by atoms with Crippen LogP contribution < -0.4 is 10.1 Å². The van der Waals surface area contributed by atoms with E-state index < -0.39 is 0 Å². The van der Waals surface area contributed by atoms with E-state index in [-0.39, 0.29) is 5.92 Å². The molecule has 2 heterocycles. The van der Waals surface area contributed by atoms with Gasteiger partial charge in [0.25, 0.3) is 0 Å². The van der Waals surface area contributed by atoms with Crippen LogP contribution in [0.3, 0.4) is 0 Å². The molecule has 0 fully saturated rings. The highest BCUT2D eigenvalue weighted by molar-refractivity contribution is 5.80. The van der Waals surface area contributed by atoms with Gasteiger partial charge in [0.15, 0.2) is 11.1 Å². The Hall–Kier alpha value is -2.49. The lowest BCUT2D eigenvalue weighted by atomic mass is 9.91. The fraction of sp³-hybridized carbons (Fsp3) is 0.235. The van der Waals surface area contributed by atoms with Crippen molar-refractivity contribution in [1.82, 2.24) is 4.98 Å². The van der Waals surface area contributed by atoms with Crippen LogP contribution in [0.25, 0.3) is 11.1 Å². The molecule has 0 aliphatic carbocycles. The molecule has 1 aliphatic heterocycles. The summed E-state index contributed by atoms with van der Waals surface area (Å²) in [6.07, 6.45) is 0.978. The number of benzene rings is 2. The van der Waals surface area contributed by atoms with E-state index in [0.717, 1.165) is 35.7 Å². The van der Waals surface area contributed by atoms with Crippen LogP contribution >= 0.6 is 0 Å². The average molecular weight is 280 g/mol. The lowest BCUT2D eigenvalue weighted by molar-refractivity contribution is 0.419. The molecular formula is C17H16N2O2. The van der Waals surface area contributed by atoms with Crippen LogP contribution in [0.15, 0.2) is 46.9 Å². The summed E-state index contributed by atoms with van der Waals surface area (Å²) in [5.41, 5.74) is 3.99. The number of anilines is 1. The highest BCUT2D eigenvalue weighted by Crippen LogP contribution is 2.38. The van der Waals surface area contributed by atoms with Gasteiger partial charge in [-0.05, 0) is 30.2 Å². The van der Waals surface area contributed by atoms with Crippen LogP contribution in [0.5, 0.6) is 5.75 Å². The molecule has 0 amide bonds. The molecule has 4 heteroatoms. The van der Waals surface area contributed by atoms with Gasteiger partial charge in [-0.3, -0.25) is 0 Å². The number of fused-ring (bicyclic) bond motifs is 2. The van der Waals surface area contributed by atoms with E-state index in [1.54, 1.807) is 7.11 Å². The van der Waals surface area contributed by atoms with Gasteiger partial charge in [0, 0.05) is 12.2 Å². The number of para-hydroxylation sites is 2. The fourth-order valence-corrected chi connectivity index (χ4v) is 2.98. The van der Waals surface area contributed by atoms with Crippen molar-refractivity contribution in [3.8, 4) is 5.75 Å². The van der Waals surface area contributed by atoms with Crippen molar-refractivity contribution in [2.24, 2.45) is 0 Å². The fourth-order valence-electron chi connectivity index (χ4n) is 2.98. The van der Waals surface area contributed by atoms with Gasteiger partial charge in [-0.2, -0.15) is 0 Å². The highest BCUT2D eigenvalue weighted by Gasteiger charge is 2.26. The molecule has 21 heavy (non-hydrogen) atoms. The number of methoxy groups -OCH3 is 1. The summed E-state index contributed by atoms with van der Waals surface area (Å²) in [5, 5.41) is 3.42. The second-order valence-corrected chi connectivity index (χ2v) is 5.21. The minimum absolute atomic E-state index is 0.194. The van der Waals surface area contributed by atoms with E-state index in [1.807, 2.05) is 24.3 Å². The zero-order valence-electron chi connectivity index (χ0n) is 11.8. The van der Waals surface area contributed by atoms with Crippen LogP contribution in [0, 0.1) is 0 Å². The molecule has 0 spiro atoms. The summed E-state index contributed by atoms with van der Waals surface area (Å²) in [6.45, 7) is 0.928. The Morgan fingerprint density at radius 2 is 2.10 bits per heavy atom. The van der Waals surface area contributed by atoms with E-state index >= 15 is 0 Å². The molecule has 1 aromatic heterocycles. The van der Waals surface area contributed by atoms with Gasteiger partial charge in [0.1, 0.15) is 5.75 Å². The number of aromatic nitrogens is 1. The highest BCUT2D eigenvalue weighted by atomic mass is 16.5. The smallest absolute Gasteiger partial charge is 0.203 e. The van der Waals surface area contributed by atoms with Crippen molar-refractivity contribution in [1.29, 1.82) is 0 Å². The predicted octanol–water partition coefficient (Wildman–Crippen LogP) is 3.78. The zero-order chi connectivity index (χ0) is 14.2. The van der Waals surface area contributed by atoms with Crippen molar-refractivity contribution in [3.05, 3.63) is 53.9 Å². The van der Waals surface area contributed by atoms with Gasteiger partial charge in [-0.25, -0.2) is 4.98 Å². The third-order valence-electron chi connectivity index (χ3n) is 4.00. The molecule has 4 nitrogen and oxygen atoms in total.